The summed E-state index contributed by atoms with van der Waals surface area (Å²) in [7, 11) is 1.94. The highest BCUT2D eigenvalue weighted by molar-refractivity contribution is 5.78. The number of nitrogens with zero attached hydrogens (tertiary/aromatic N) is 4. The third-order valence-corrected chi connectivity index (χ3v) is 5.55. The maximum atomic E-state index is 12.7. The number of aromatic nitrogens is 3. The Morgan fingerprint density at radius 3 is 3.12 bits per heavy atom. The molecule has 1 aromatic carbocycles. The summed E-state index contributed by atoms with van der Waals surface area (Å²) >= 11 is 0. The van der Waals surface area contributed by atoms with Crippen LogP contribution in [0.15, 0.2) is 30.6 Å². The van der Waals surface area contributed by atoms with Crippen molar-refractivity contribution >= 4 is 5.91 Å². The molecule has 4 rings (SSSR count). The van der Waals surface area contributed by atoms with E-state index in [1.54, 1.807) is 6.33 Å². The Labute approximate surface area is 148 Å². The highest BCUT2D eigenvalue weighted by Gasteiger charge is 2.27. The molecular weight excluding hydrogens is 314 g/mol. The zero-order chi connectivity index (χ0) is 17.2. The second-order valence-electron chi connectivity index (χ2n) is 7.09. The van der Waals surface area contributed by atoms with Crippen molar-refractivity contribution in [3.63, 3.8) is 0 Å². The summed E-state index contributed by atoms with van der Waals surface area (Å²) in [5, 5.41) is 7.65. The van der Waals surface area contributed by atoms with Gasteiger partial charge in [-0.05, 0) is 36.8 Å². The predicted molar refractivity (Wildman–Crippen MR) is 95.0 cm³/mol. The van der Waals surface area contributed by atoms with E-state index in [1.165, 1.54) is 11.1 Å². The van der Waals surface area contributed by atoms with Crippen molar-refractivity contribution in [2.45, 2.75) is 50.7 Å². The Hall–Kier alpha value is -2.21. The number of benzene rings is 1. The SMILES string of the molecule is CN(C(=O)CN[C@@H]1CCc2ncnn2C1)[C@@H]1CCCc2ccccc21. The molecule has 1 N–H and O–H groups in total. The van der Waals surface area contributed by atoms with Gasteiger partial charge in [-0.2, -0.15) is 5.10 Å². The first-order valence-electron chi connectivity index (χ1n) is 9.16. The fourth-order valence-electron chi connectivity index (χ4n) is 4.06. The Morgan fingerprint density at radius 1 is 1.32 bits per heavy atom. The molecule has 2 heterocycles. The van der Waals surface area contributed by atoms with Crippen LogP contribution < -0.4 is 5.32 Å². The first-order valence-corrected chi connectivity index (χ1v) is 9.16. The van der Waals surface area contributed by atoms with Gasteiger partial charge >= 0.3 is 0 Å². The topological polar surface area (TPSA) is 63.1 Å². The first-order chi connectivity index (χ1) is 12.2. The van der Waals surface area contributed by atoms with Crippen LogP contribution in [0.25, 0.3) is 0 Å². The van der Waals surface area contributed by atoms with Crippen LogP contribution in [0, 0.1) is 0 Å². The monoisotopic (exact) mass is 339 g/mol. The van der Waals surface area contributed by atoms with Gasteiger partial charge in [-0.15, -0.1) is 0 Å². The lowest BCUT2D eigenvalue weighted by atomic mass is 9.87. The van der Waals surface area contributed by atoms with Gasteiger partial charge in [0.1, 0.15) is 12.2 Å². The van der Waals surface area contributed by atoms with Gasteiger partial charge in [0.05, 0.1) is 19.1 Å². The molecule has 2 aliphatic rings. The second-order valence-corrected chi connectivity index (χ2v) is 7.09. The molecule has 0 saturated carbocycles. The second kappa shape index (κ2) is 6.96. The standard InChI is InChI=1S/C19H25N5O/c1-23(17-8-4-6-14-5-2-3-7-16(14)17)19(25)11-20-15-9-10-18-21-13-22-24(18)12-15/h2-3,5,7,13,15,17,20H,4,6,8-12H2,1H3/t15-,17-/m1/s1. The molecule has 2 atom stereocenters. The molecule has 0 saturated heterocycles. The Morgan fingerprint density at radius 2 is 2.20 bits per heavy atom. The highest BCUT2D eigenvalue weighted by atomic mass is 16.2. The Kier molecular flexibility index (Phi) is 4.53. The average molecular weight is 339 g/mol. The smallest absolute Gasteiger partial charge is 0.236 e. The van der Waals surface area contributed by atoms with E-state index >= 15 is 0 Å². The van der Waals surface area contributed by atoms with Crippen LogP contribution in [0.3, 0.4) is 0 Å². The maximum absolute atomic E-state index is 12.7. The molecular formula is C19H25N5O. The van der Waals surface area contributed by atoms with Gasteiger partial charge in [0.2, 0.25) is 5.91 Å². The van der Waals surface area contributed by atoms with Gasteiger partial charge in [0, 0.05) is 19.5 Å². The van der Waals surface area contributed by atoms with Crippen LogP contribution in [0.5, 0.6) is 0 Å². The van der Waals surface area contributed by atoms with Crippen molar-refractivity contribution < 1.29 is 4.79 Å². The lowest BCUT2D eigenvalue weighted by molar-refractivity contribution is -0.131. The average Bonchev–Trinajstić information content (AvgIpc) is 3.13. The van der Waals surface area contributed by atoms with Gasteiger partial charge in [-0.1, -0.05) is 24.3 Å². The molecule has 0 fully saturated rings. The molecule has 6 heteroatoms. The summed E-state index contributed by atoms with van der Waals surface area (Å²) in [5.41, 5.74) is 2.70. The van der Waals surface area contributed by atoms with Crippen LogP contribution in [-0.2, 0) is 24.2 Å². The lowest BCUT2D eigenvalue weighted by Crippen LogP contribution is -2.45. The van der Waals surface area contributed by atoms with E-state index in [4.69, 9.17) is 0 Å². The lowest BCUT2D eigenvalue weighted by Gasteiger charge is -2.34. The molecule has 0 unspecified atom stereocenters. The minimum absolute atomic E-state index is 0.158. The number of fused-ring (bicyclic) bond motifs is 2. The van der Waals surface area contributed by atoms with E-state index in [0.717, 1.165) is 44.5 Å². The maximum Gasteiger partial charge on any atom is 0.236 e. The van der Waals surface area contributed by atoms with E-state index < -0.39 is 0 Å². The zero-order valence-corrected chi connectivity index (χ0v) is 14.7. The van der Waals surface area contributed by atoms with E-state index in [2.05, 4.69) is 39.7 Å². The fraction of sp³-hybridized carbons (Fsp3) is 0.526. The predicted octanol–water partition coefficient (Wildman–Crippen LogP) is 1.72. The number of hydrogen-bond donors (Lipinski definition) is 1. The van der Waals surface area contributed by atoms with E-state index in [1.807, 2.05) is 16.6 Å². The summed E-state index contributed by atoms with van der Waals surface area (Å²) in [6, 6.07) is 9.01. The molecule has 1 aliphatic carbocycles. The zero-order valence-electron chi connectivity index (χ0n) is 14.7. The van der Waals surface area contributed by atoms with E-state index in [0.29, 0.717) is 6.54 Å². The van der Waals surface area contributed by atoms with E-state index in [9.17, 15) is 4.79 Å². The van der Waals surface area contributed by atoms with Gasteiger partial charge < -0.3 is 10.2 Å². The largest absolute Gasteiger partial charge is 0.338 e. The quantitative estimate of drug-likeness (QED) is 0.921. The van der Waals surface area contributed by atoms with Crippen LogP contribution in [0.2, 0.25) is 0 Å². The van der Waals surface area contributed by atoms with Crippen LogP contribution in [0.4, 0.5) is 0 Å². The molecule has 6 nitrogen and oxygen atoms in total. The summed E-state index contributed by atoms with van der Waals surface area (Å²) < 4.78 is 1.94. The van der Waals surface area contributed by atoms with Gasteiger partial charge in [-0.3, -0.25) is 4.79 Å². The molecule has 1 amide bonds. The summed E-state index contributed by atoms with van der Waals surface area (Å²) in [6.07, 6.45) is 6.83. The molecule has 132 valence electrons. The molecule has 0 spiro atoms. The molecule has 25 heavy (non-hydrogen) atoms. The van der Waals surface area contributed by atoms with Crippen molar-refractivity contribution in [3.8, 4) is 0 Å². The Bertz CT molecular complexity index is 756. The van der Waals surface area contributed by atoms with Crippen molar-refractivity contribution in [2.24, 2.45) is 0 Å². The third kappa shape index (κ3) is 3.31. The number of nitrogens with one attached hydrogen (secondary N) is 1. The highest BCUT2D eigenvalue weighted by Crippen LogP contribution is 2.33. The van der Waals surface area contributed by atoms with Crippen LogP contribution in [-0.4, -0.2) is 45.2 Å². The Balaban J connectivity index is 1.36. The molecule has 1 aliphatic heterocycles. The first kappa shape index (κ1) is 16.3. The molecule has 0 radical (unpaired) electrons. The van der Waals surface area contributed by atoms with Crippen molar-refractivity contribution in [1.29, 1.82) is 0 Å². The minimum atomic E-state index is 0.158. The van der Waals surface area contributed by atoms with Gasteiger partial charge in [0.15, 0.2) is 0 Å². The van der Waals surface area contributed by atoms with Gasteiger partial charge in [-0.25, -0.2) is 9.67 Å². The normalized spacial score (nSPS) is 22.1. The molecule has 1 aromatic heterocycles. The summed E-state index contributed by atoms with van der Waals surface area (Å²) in [4.78, 5) is 18.9. The minimum Gasteiger partial charge on any atom is -0.338 e. The van der Waals surface area contributed by atoms with Crippen molar-refractivity contribution in [1.82, 2.24) is 25.0 Å². The van der Waals surface area contributed by atoms with Crippen molar-refractivity contribution in [3.05, 3.63) is 47.5 Å². The molecule has 2 aromatic rings. The number of carbonyl (C=O) groups excluding carboxylic acids is 1. The number of amides is 1. The third-order valence-electron chi connectivity index (χ3n) is 5.55. The van der Waals surface area contributed by atoms with E-state index in [-0.39, 0.29) is 18.0 Å². The van der Waals surface area contributed by atoms with Crippen LogP contribution in [0.1, 0.15) is 42.3 Å². The number of hydrogen-bond acceptors (Lipinski definition) is 4. The van der Waals surface area contributed by atoms with Crippen LogP contribution >= 0.6 is 0 Å². The number of rotatable bonds is 4. The van der Waals surface area contributed by atoms with Gasteiger partial charge in [0.25, 0.3) is 0 Å². The number of likely N-dealkylation sites (N-methyl/N-ethyl adjacent to an activating group) is 1. The fourth-order valence-corrected chi connectivity index (χ4v) is 4.06. The number of carbonyl (C=O) groups is 1. The summed E-state index contributed by atoms with van der Waals surface area (Å²) in [6.45, 7) is 1.17. The summed E-state index contributed by atoms with van der Waals surface area (Å²) in [5.74, 6) is 1.20. The number of aryl methyl sites for hydroxylation is 2. The van der Waals surface area contributed by atoms with Crippen molar-refractivity contribution in [2.75, 3.05) is 13.6 Å². The molecule has 0 bridgehead atoms.